The molecule has 0 aromatic heterocycles. The molecule has 22 heavy (non-hydrogen) atoms. The maximum absolute atomic E-state index is 6.56. The monoisotopic (exact) mass is 301 g/mol. The summed E-state index contributed by atoms with van der Waals surface area (Å²) < 4.78 is 6.56. The van der Waals surface area contributed by atoms with E-state index in [1.807, 2.05) is 0 Å². The second kappa shape index (κ2) is 7.04. The quantitative estimate of drug-likeness (QED) is 0.745. The highest BCUT2D eigenvalue weighted by atomic mass is 16.5. The standard InChI is InChI=1S/C20H31NO/c1-3-4-8-13-21-18-15-20(11-6-5-7-12-20)22-19-14-16(2)9-10-17(18)19/h9-10,14,18,21H,3-8,11-13,15H2,1-2H3. The molecule has 3 rings (SSSR count). The number of hydrogen-bond acceptors (Lipinski definition) is 2. The van der Waals surface area contributed by atoms with Crippen LogP contribution in [0.1, 0.15) is 81.9 Å². The van der Waals surface area contributed by atoms with Crippen molar-refractivity contribution in [3.05, 3.63) is 29.3 Å². The van der Waals surface area contributed by atoms with Crippen LogP contribution in [0.3, 0.4) is 0 Å². The third-order valence-electron chi connectivity index (χ3n) is 5.38. The molecule has 1 spiro atoms. The Labute approximate surface area is 135 Å². The van der Waals surface area contributed by atoms with E-state index in [-0.39, 0.29) is 5.60 Å². The number of hydrogen-bond donors (Lipinski definition) is 1. The van der Waals surface area contributed by atoms with Crippen molar-refractivity contribution in [1.29, 1.82) is 0 Å². The van der Waals surface area contributed by atoms with E-state index in [4.69, 9.17) is 4.74 Å². The highest BCUT2D eigenvalue weighted by Gasteiger charge is 2.41. The molecule has 2 nitrogen and oxygen atoms in total. The summed E-state index contributed by atoms with van der Waals surface area (Å²) in [7, 11) is 0. The lowest BCUT2D eigenvalue weighted by Gasteiger charge is -2.45. The van der Waals surface area contributed by atoms with Crippen LogP contribution in [0, 0.1) is 6.92 Å². The summed E-state index contributed by atoms with van der Waals surface area (Å²) in [6.07, 6.45) is 11.5. The molecule has 1 fully saturated rings. The summed E-state index contributed by atoms with van der Waals surface area (Å²) >= 11 is 0. The molecule has 2 heteroatoms. The number of nitrogens with one attached hydrogen (secondary N) is 1. The first-order valence-electron chi connectivity index (χ1n) is 9.25. The number of ether oxygens (including phenoxy) is 1. The van der Waals surface area contributed by atoms with E-state index in [0.29, 0.717) is 6.04 Å². The van der Waals surface area contributed by atoms with Crippen LogP contribution in [0.4, 0.5) is 0 Å². The molecule has 1 saturated carbocycles. The molecule has 1 aliphatic carbocycles. The summed E-state index contributed by atoms with van der Waals surface area (Å²) in [5, 5.41) is 3.82. The van der Waals surface area contributed by atoms with Gasteiger partial charge in [-0.05, 0) is 57.2 Å². The molecule has 0 saturated heterocycles. The van der Waals surface area contributed by atoms with Gasteiger partial charge >= 0.3 is 0 Å². The van der Waals surface area contributed by atoms with E-state index >= 15 is 0 Å². The zero-order valence-electron chi connectivity index (χ0n) is 14.3. The first-order valence-corrected chi connectivity index (χ1v) is 9.25. The molecule has 1 unspecified atom stereocenters. The minimum atomic E-state index is 0.0987. The van der Waals surface area contributed by atoms with Gasteiger partial charge in [0, 0.05) is 18.0 Å². The van der Waals surface area contributed by atoms with E-state index in [0.717, 1.165) is 18.7 Å². The lowest BCUT2D eigenvalue weighted by molar-refractivity contribution is -0.00270. The van der Waals surface area contributed by atoms with Crippen LogP contribution in [0.2, 0.25) is 0 Å². The van der Waals surface area contributed by atoms with Crippen molar-refractivity contribution in [2.75, 3.05) is 6.54 Å². The summed E-state index contributed by atoms with van der Waals surface area (Å²) in [4.78, 5) is 0. The van der Waals surface area contributed by atoms with Crippen molar-refractivity contribution in [3.8, 4) is 5.75 Å². The molecule has 0 radical (unpaired) electrons. The Balaban J connectivity index is 1.78. The maximum Gasteiger partial charge on any atom is 0.125 e. The number of unbranched alkanes of at least 4 members (excludes halogenated alkanes) is 2. The Morgan fingerprint density at radius 1 is 1.18 bits per heavy atom. The predicted molar refractivity (Wildman–Crippen MR) is 92.5 cm³/mol. The fourth-order valence-corrected chi connectivity index (χ4v) is 4.11. The van der Waals surface area contributed by atoms with E-state index < -0.39 is 0 Å². The van der Waals surface area contributed by atoms with E-state index in [9.17, 15) is 0 Å². The van der Waals surface area contributed by atoms with Crippen LogP contribution in [0.5, 0.6) is 5.75 Å². The number of benzene rings is 1. The Morgan fingerprint density at radius 2 is 2.00 bits per heavy atom. The van der Waals surface area contributed by atoms with Crippen molar-refractivity contribution in [2.45, 2.75) is 83.3 Å². The van der Waals surface area contributed by atoms with Crippen LogP contribution >= 0.6 is 0 Å². The lowest BCUT2D eigenvalue weighted by Crippen LogP contribution is -2.45. The molecule has 1 heterocycles. The molecule has 1 aromatic rings. The summed E-state index contributed by atoms with van der Waals surface area (Å²) in [5.74, 6) is 1.14. The molecule has 2 aliphatic rings. The summed E-state index contributed by atoms with van der Waals surface area (Å²) in [6.45, 7) is 5.56. The molecule has 1 aliphatic heterocycles. The van der Waals surface area contributed by atoms with Gasteiger partial charge in [0.2, 0.25) is 0 Å². The minimum absolute atomic E-state index is 0.0987. The van der Waals surface area contributed by atoms with Gasteiger partial charge in [-0.25, -0.2) is 0 Å². The fraction of sp³-hybridized carbons (Fsp3) is 0.700. The van der Waals surface area contributed by atoms with Gasteiger partial charge < -0.3 is 10.1 Å². The Kier molecular flexibility index (Phi) is 5.07. The molecule has 0 bridgehead atoms. The average molecular weight is 301 g/mol. The van der Waals surface area contributed by atoms with Gasteiger partial charge in [-0.1, -0.05) is 38.3 Å². The molecular weight excluding hydrogens is 270 g/mol. The van der Waals surface area contributed by atoms with Crippen molar-refractivity contribution < 1.29 is 4.74 Å². The van der Waals surface area contributed by atoms with Crippen molar-refractivity contribution in [2.24, 2.45) is 0 Å². The van der Waals surface area contributed by atoms with E-state index in [1.165, 1.54) is 62.5 Å². The van der Waals surface area contributed by atoms with Crippen LogP contribution in [-0.2, 0) is 0 Å². The van der Waals surface area contributed by atoms with Crippen LogP contribution < -0.4 is 10.1 Å². The molecule has 0 amide bonds. The second-order valence-electron chi connectivity index (χ2n) is 7.30. The Hall–Kier alpha value is -1.02. The first-order chi connectivity index (χ1) is 10.7. The third kappa shape index (κ3) is 3.48. The van der Waals surface area contributed by atoms with Crippen LogP contribution in [0.15, 0.2) is 18.2 Å². The molecule has 1 atom stereocenters. The molecule has 122 valence electrons. The van der Waals surface area contributed by atoms with E-state index in [1.54, 1.807) is 0 Å². The summed E-state index contributed by atoms with van der Waals surface area (Å²) in [6, 6.07) is 7.21. The van der Waals surface area contributed by atoms with Gasteiger partial charge in [0.25, 0.3) is 0 Å². The SMILES string of the molecule is CCCCCNC1CC2(CCCCC2)Oc2cc(C)ccc21. The van der Waals surface area contributed by atoms with Gasteiger partial charge in [-0.2, -0.15) is 0 Å². The number of rotatable bonds is 5. The molecular formula is C20H31NO. The topological polar surface area (TPSA) is 21.3 Å². The Bertz CT molecular complexity index is 490. The molecule has 1 aromatic carbocycles. The lowest BCUT2D eigenvalue weighted by atomic mass is 9.77. The minimum Gasteiger partial charge on any atom is -0.487 e. The van der Waals surface area contributed by atoms with Crippen molar-refractivity contribution >= 4 is 0 Å². The van der Waals surface area contributed by atoms with Gasteiger partial charge in [0.15, 0.2) is 0 Å². The molecule has 1 N–H and O–H groups in total. The van der Waals surface area contributed by atoms with Gasteiger partial charge in [0.05, 0.1) is 0 Å². The summed E-state index contributed by atoms with van der Waals surface area (Å²) in [5.41, 5.74) is 2.77. The van der Waals surface area contributed by atoms with Crippen molar-refractivity contribution in [3.63, 3.8) is 0 Å². The first kappa shape index (κ1) is 15.9. The van der Waals surface area contributed by atoms with Gasteiger partial charge in [-0.15, -0.1) is 0 Å². The van der Waals surface area contributed by atoms with Gasteiger partial charge in [0.1, 0.15) is 11.4 Å². The van der Waals surface area contributed by atoms with Crippen LogP contribution in [-0.4, -0.2) is 12.1 Å². The second-order valence-corrected chi connectivity index (χ2v) is 7.30. The fourth-order valence-electron chi connectivity index (χ4n) is 4.11. The van der Waals surface area contributed by atoms with Gasteiger partial charge in [-0.3, -0.25) is 0 Å². The number of aryl methyl sites for hydroxylation is 1. The predicted octanol–water partition coefficient (Wildman–Crippen LogP) is 5.30. The average Bonchev–Trinajstić information content (AvgIpc) is 2.51. The van der Waals surface area contributed by atoms with Crippen molar-refractivity contribution in [1.82, 2.24) is 5.32 Å². The number of fused-ring (bicyclic) bond motifs is 1. The van der Waals surface area contributed by atoms with E-state index in [2.05, 4.69) is 37.4 Å². The normalized spacial score (nSPS) is 23.1. The largest absolute Gasteiger partial charge is 0.487 e. The third-order valence-corrected chi connectivity index (χ3v) is 5.38. The zero-order chi connectivity index (χ0) is 15.4. The van der Waals surface area contributed by atoms with Crippen LogP contribution in [0.25, 0.3) is 0 Å². The smallest absolute Gasteiger partial charge is 0.125 e. The Morgan fingerprint density at radius 3 is 2.77 bits per heavy atom. The maximum atomic E-state index is 6.56. The highest BCUT2D eigenvalue weighted by Crippen LogP contribution is 2.46. The highest BCUT2D eigenvalue weighted by molar-refractivity contribution is 5.42. The zero-order valence-corrected chi connectivity index (χ0v) is 14.3.